The highest BCUT2D eigenvalue weighted by molar-refractivity contribution is 6.19. The summed E-state index contributed by atoms with van der Waals surface area (Å²) in [5.74, 6) is 0.0870. The van der Waals surface area contributed by atoms with Crippen LogP contribution in [0.2, 0.25) is 0 Å². The van der Waals surface area contributed by atoms with Crippen LogP contribution in [0.5, 0.6) is 5.75 Å². The summed E-state index contributed by atoms with van der Waals surface area (Å²) >= 11 is 0. The molecule has 2 bridgehead atoms. The molecule has 4 rings (SSSR count). The predicted molar refractivity (Wildman–Crippen MR) is 126 cm³/mol. The van der Waals surface area contributed by atoms with E-state index in [-0.39, 0.29) is 36.2 Å². The van der Waals surface area contributed by atoms with E-state index in [4.69, 9.17) is 14.2 Å². The summed E-state index contributed by atoms with van der Waals surface area (Å²) in [5, 5.41) is 10.3. The van der Waals surface area contributed by atoms with Gasteiger partial charge < -0.3 is 19.3 Å². The molecule has 2 aliphatic heterocycles. The molecule has 1 aromatic carbocycles. The third-order valence-corrected chi connectivity index (χ3v) is 5.77. The minimum Gasteiger partial charge on any atom is -0.497 e. The number of esters is 1. The fourth-order valence-corrected chi connectivity index (χ4v) is 3.78. The van der Waals surface area contributed by atoms with E-state index in [1.165, 1.54) is 6.08 Å². The molecule has 2 heterocycles. The van der Waals surface area contributed by atoms with Gasteiger partial charge in [-0.1, -0.05) is 55.5 Å². The third kappa shape index (κ3) is 7.55. The van der Waals surface area contributed by atoms with Gasteiger partial charge in [0.15, 0.2) is 5.78 Å². The molecule has 1 saturated heterocycles. The second-order valence-electron chi connectivity index (χ2n) is 8.44. The standard InChI is InChI=1S/C27H32O6/c1-19-8-6-7-10-24-25(29)17-23(33-27(24)30)16-21(28)9-4-3-5-11-26(19)32-18-20-12-14-22(31-2)15-13-20/h3-7,10-15,19,21,23,26,28H,8-9,16-18H2,1-2H3/b4-3+,7-6+,11-5-,24-10-/t19-,21-,23-,26-/m1/s1. The topological polar surface area (TPSA) is 82.1 Å². The lowest BCUT2D eigenvalue weighted by Gasteiger charge is -2.24. The number of aliphatic hydroxyl groups is 1. The monoisotopic (exact) mass is 452 g/mol. The first kappa shape index (κ1) is 24.7. The Hall–Kier alpha value is -2.96. The molecule has 3 aliphatic rings. The van der Waals surface area contributed by atoms with Crippen LogP contribution in [0.25, 0.3) is 0 Å². The minimum atomic E-state index is -0.692. The Labute approximate surface area is 195 Å². The van der Waals surface area contributed by atoms with Crippen molar-refractivity contribution in [3.63, 3.8) is 0 Å². The van der Waals surface area contributed by atoms with Crippen molar-refractivity contribution < 1.29 is 28.9 Å². The summed E-state index contributed by atoms with van der Waals surface area (Å²) in [7, 11) is 1.64. The first-order valence-electron chi connectivity index (χ1n) is 11.3. The summed E-state index contributed by atoms with van der Waals surface area (Å²) in [6, 6.07) is 7.77. The lowest BCUT2D eigenvalue weighted by molar-refractivity contribution is -0.152. The fourth-order valence-electron chi connectivity index (χ4n) is 3.78. The lowest BCUT2D eigenvalue weighted by atomic mass is 9.96. The van der Waals surface area contributed by atoms with Crippen LogP contribution in [0.15, 0.2) is 72.4 Å². The Morgan fingerprint density at radius 1 is 1.06 bits per heavy atom. The number of carbonyl (C=O) groups is 2. The summed E-state index contributed by atoms with van der Waals surface area (Å²) in [6.45, 7) is 2.55. The summed E-state index contributed by atoms with van der Waals surface area (Å²) in [6.07, 6.45) is 12.9. The van der Waals surface area contributed by atoms with Crippen molar-refractivity contribution in [3.05, 3.63) is 77.9 Å². The molecule has 6 heteroatoms. The molecule has 0 aromatic heterocycles. The zero-order chi connectivity index (χ0) is 23.6. The molecule has 0 spiro atoms. The SMILES string of the molecule is COc1ccc(CO[C@@H]2/C=C\C=C\C[C@@H](O)C[C@@H]3CC(=O)/C(=C/C=C/C[C@H]2C)C(=O)O3)cc1. The molecular formula is C27H32O6. The van der Waals surface area contributed by atoms with Gasteiger partial charge in [-0.25, -0.2) is 4.79 Å². The van der Waals surface area contributed by atoms with Gasteiger partial charge in [-0.15, -0.1) is 0 Å². The van der Waals surface area contributed by atoms with E-state index < -0.39 is 18.2 Å². The number of allylic oxidation sites excluding steroid dienone is 5. The van der Waals surface area contributed by atoms with Gasteiger partial charge >= 0.3 is 5.97 Å². The van der Waals surface area contributed by atoms with Gasteiger partial charge in [-0.05, 0) is 42.5 Å². The van der Waals surface area contributed by atoms with Crippen LogP contribution in [0.1, 0.15) is 38.2 Å². The average Bonchev–Trinajstić information content (AvgIpc) is 2.79. The molecule has 6 nitrogen and oxygen atoms in total. The number of ether oxygens (including phenoxy) is 3. The van der Waals surface area contributed by atoms with Gasteiger partial charge in [0, 0.05) is 12.8 Å². The number of Topliss-reactive ketones (excluding diaryl/α,β-unsaturated/α-hetero) is 1. The Morgan fingerprint density at radius 3 is 2.55 bits per heavy atom. The van der Waals surface area contributed by atoms with E-state index in [1.54, 1.807) is 13.2 Å². The summed E-state index contributed by atoms with van der Waals surface area (Å²) < 4.78 is 16.8. The van der Waals surface area contributed by atoms with Gasteiger partial charge in [0.05, 0.1) is 25.9 Å². The van der Waals surface area contributed by atoms with Gasteiger partial charge in [0.2, 0.25) is 0 Å². The van der Waals surface area contributed by atoms with E-state index in [0.717, 1.165) is 11.3 Å². The number of methoxy groups -OCH3 is 1. The Morgan fingerprint density at radius 2 is 1.82 bits per heavy atom. The van der Waals surface area contributed by atoms with Crippen molar-refractivity contribution in [2.24, 2.45) is 5.92 Å². The number of benzene rings is 1. The highest BCUT2D eigenvalue weighted by Gasteiger charge is 2.32. The highest BCUT2D eigenvalue weighted by atomic mass is 16.5. The number of fused-ring (bicyclic) bond motifs is 11. The van der Waals surface area contributed by atoms with Crippen LogP contribution in [0.4, 0.5) is 0 Å². The molecule has 1 fully saturated rings. The first-order valence-corrected chi connectivity index (χ1v) is 11.3. The second-order valence-corrected chi connectivity index (χ2v) is 8.44. The summed E-state index contributed by atoms with van der Waals surface area (Å²) in [5.41, 5.74) is 1.10. The maximum absolute atomic E-state index is 12.4. The molecule has 0 saturated carbocycles. The zero-order valence-electron chi connectivity index (χ0n) is 19.2. The zero-order valence-corrected chi connectivity index (χ0v) is 19.2. The maximum atomic E-state index is 12.4. The van der Waals surface area contributed by atoms with E-state index in [9.17, 15) is 14.7 Å². The third-order valence-electron chi connectivity index (χ3n) is 5.77. The van der Waals surface area contributed by atoms with Crippen molar-refractivity contribution in [1.29, 1.82) is 0 Å². The minimum absolute atomic E-state index is 0.0565. The lowest BCUT2D eigenvalue weighted by Crippen LogP contribution is -2.34. The molecule has 1 aliphatic carbocycles. The van der Waals surface area contributed by atoms with Crippen molar-refractivity contribution in [1.82, 2.24) is 0 Å². The Kier molecular flexibility index (Phi) is 9.22. The Bertz CT molecular complexity index is 904. The van der Waals surface area contributed by atoms with E-state index in [0.29, 0.717) is 19.4 Å². The van der Waals surface area contributed by atoms with Crippen LogP contribution in [-0.4, -0.2) is 42.3 Å². The van der Waals surface area contributed by atoms with E-state index >= 15 is 0 Å². The van der Waals surface area contributed by atoms with Crippen molar-refractivity contribution >= 4 is 11.8 Å². The number of carbonyl (C=O) groups excluding carboxylic acids is 2. The quantitative estimate of drug-likeness (QED) is 0.544. The number of ketones is 1. The van der Waals surface area contributed by atoms with Crippen LogP contribution >= 0.6 is 0 Å². The van der Waals surface area contributed by atoms with Crippen LogP contribution in [-0.2, 0) is 25.7 Å². The van der Waals surface area contributed by atoms with E-state index in [2.05, 4.69) is 6.92 Å². The van der Waals surface area contributed by atoms with Crippen molar-refractivity contribution in [3.8, 4) is 5.75 Å². The van der Waals surface area contributed by atoms with Crippen LogP contribution in [0, 0.1) is 5.92 Å². The molecule has 176 valence electrons. The van der Waals surface area contributed by atoms with E-state index in [1.807, 2.05) is 54.6 Å². The molecule has 1 aromatic rings. The molecular weight excluding hydrogens is 420 g/mol. The maximum Gasteiger partial charge on any atom is 0.342 e. The predicted octanol–water partition coefficient (Wildman–Crippen LogP) is 4.24. The number of hydrogen-bond donors (Lipinski definition) is 1. The second kappa shape index (κ2) is 12.3. The molecule has 0 unspecified atom stereocenters. The molecule has 33 heavy (non-hydrogen) atoms. The Balaban J connectivity index is 1.73. The van der Waals surface area contributed by atoms with Crippen LogP contribution < -0.4 is 4.74 Å². The van der Waals surface area contributed by atoms with Crippen LogP contribution in [0.3, 0.4) is 0 Å². The van der Waals surface area contributed by atoms with Gasteiger partial charge in [0.1, 0.15) is 17.4 Å². The van der Waals surface area contributed by atoms with Crippen molar-refractivity contribution in [2.75, 3.05) is 7.11 Å². The highest BCUT2D eigenvalue weighted by Crippen LogP contribution is 2.22. The molecule has 0 amide bonds. The number of rotatable bonds is 4. The first-order chi connectivity index (χ1) is 16.0. The van der Waals surface area contributed by atoms with Gasteiger partial charge in [0.25, 0.3) is 0 Å². The number of aliphatic hydroxyl groups excluding tert-OH is 1. The van der Waals surface area contributed by atoms with Gasteiger partial charge in [-0.2, -0.15) is 0 Å². The molecule has 1 N–H and O–H groups in total. The molecule has 4 atom stereocenters. The summed E-state index contributed by atoms with van der Waals surface area (Å²) in [4.78, 5) is 24.6. The number of hydrogen-bond acceptors (Lipinski definition) is 6. The smallest absolute Gasteiger partial charge is 0.342 e. The largest absolute Gasteiger partial charge is 0.497 e. The van der Waals surface area contributed by atoms with Crippen molar-refractivity contribution in [2.45, 2.75) is 57.5 Å². The molecule has 0 radical (unpaired) electrons. The average molecular weight is 453 g/mol. The van der Waals surface area contributed by atoms with Gasteiger partial charge in [-0.3, -0.25) is 4.79 Å². The fraction of sp³-hybridized carbons (Fsp3) is 0.407. The normalized spacial score (nSPS) is 31.1.